The van der Waals surface area contributed by atoms with E-state index in [2.05, 4.69) is 10.3 Å². The molecule has 1 aliphatic rings. The van der Waals surface area contributed by atoms with Crippen LogP contribution in [0.5, 0.6) is 5.75 Å². The molecule has 0 atom stereocenters. The van der Waals surface area contributed by atoms with Gasteiger partial charge in [-0.05, 0) is 42.0 Å². The Morgan fingerprint density at radius 1 is 1.19 bits per heavy atom. The number of carboxylic acid groups (broad SMARTS) is 1. The van der Waals surface area contributed by atoms with Crippen molar-refractivity contribution in [1.82, 2.24) is 19.6 Å². The lowest BCUT2D eigenvalue weighted by atomic mass is 10.1. The minimum Gasteiger partial charge on any atom is -0.487 e. The summed E-state index contributed by atoms with van der Waals surface area (Å²) in [4.78, 5) is 28.6. The Bertz CT molecular complexity index is 977. The van der Waals surface area contributed by atoms with Crippen molar-refractivity contribution in [3.05, 3.63) is 66.1 Å². The number of hydrogen-bond donors (Lipinski definition) is 2. The molecular weight excluding hydrogens is 348 g/mol. The van der Waals surface area contributed by atoms with E-state index in [1.54, 1.807) is 30.5 Å². The normalized spacial score (nSPS) is 14.0. The zero-order chi connectivity index (χ0) is 18.8. The van der Waals surface area contributed by atoms with Crippen LogP contribution in [0.1, 0.15) is 15.9 Å². The van der Waals surface area contributed by atoms with E-state index in [1.807, 2.05) is 28.9 Å². The quantitative estimate of drug-likeness (QED) is 0.720. The highest BCUT2D eigenvalue weighted by molar-refractivity contribution is 5.94. The van der Waals surface area contributed by atoms with Gasteiger partial charge in [-0.25, -0.2) is 9.78 Å². The first-order valence-electron chi connectivity index (χ1n) is 8.53. The Balaban J connectivity index is 1.30. The highest BCUT2D eigenvalue weighted by atomic mass is 16.5. The molecule has 0 saturated carbocycles. The third-order valence-corrected chi connectivity index (χ3v) is 4.45. The maximum absolute atomic E-state index is 12.3. The number of hydrogen-bond acceptors (Lipinski definition) is 4. The second-order valence-electron chi connectivity index (χ2n) is 6.36. The number of likely N-dealkylation sites (tertiary alicyclic amines) is 1. The summed E-state index contributed by atoms with van der Waals surface area (Å²) < 4.78 is 7.59. The van der Waals surface area contributed by atoms with E-state index in [0.717, 1.165) is 11.2 Å². The van der Waals surface area contributed by atoms with Gasteiger partial charge < -0.3 is 24.5 Å². The second kappa shape index (κ2) is 6.99. The maximum Gasteiger partial charge on any atom is 0.407 e. The molecule has 0 radical (unpaired) electrons. The van der Waals surface area contributed by atoms with Gasteiger partial charge in [0.1, 0.15) is 17.5 Å². The van der Waals surface area contributed by atoms with E-state index >= 15 is 0 Å². The van der Waals surface area contributed by atoms with E-state index in [4.69, 9.17) is 9.84 Å². The molecular formula is C19H18N4O4. The van der Waals surface area contributed by atoms with Crippen molar-refractivity contribution in [3.63, 3.8) is 0 Å². The van der Waals surface area contributed by atoms with Gasteiger partial charge in [-0.3, -0.25) is 4.79 Å². The standard InChI is InChI=1S/C19H18N4O4/c24-18(21-10-13-5-7-22-8-6-20-17(22)9-13)14-1-3-15(4-2-14)27-16-11-23(12-16)19(25)26/h1-9,16H,10-12H2,(H,21,24)(H,25,26). The first-order chi connectivity index (χ1) is 13.1. The molecule has 1 aliphatic heterocycles. The average Bonchev–Trinajstić information content (AvgIpc) is 3.10. The SMILES string of the molecule is O=C(NCc1ccn2ccnc2c1)c1ccc(OC2CN(C(=O)O)C2)cc1. The molecule has 0 aliphatic carbocycles. The van der Waals surface area contributed by atoms with Crippen LogP contribution in [0.2, 0.25) is 0 Å². The molecule has 3 heterocycles. The summed E-state index contributed by atoms with van der Waals surface area (Å²) in [7, 11) is 0. The summed E-state index contributed by atoms with van der Waals surface area (Å²) in [6.07, 6.45) is 4.42. The van der Waals surface area contributed by atoms with Crippen molar-refractivity contribution < 1.29 is 19.4 Å². The van der Waals surface area contributed by atoms with Crippen LogP contribution >= 0.6 is 0 Å². The van der Waals surface area contributed by atoms with Crippen molar-refractivity contribution in [2.24, 2.45) is 0 Å². The molecule has 8 heteroatoms. The van der Waals surface area contributed by atoms with E-state index in [1.165, 1.54) is 4.90 Å². The first-order valence-corrected chi connectivity index (χ1v) is 8.53. The predicted octanol–water partition coefficient (Wildman–Crippen LogP) is 2.01. The number of fused-ring (bicyclic) bond motifs is 1. The summed E-state index contributed by atoms with van der Waals surface area (Å²) in [5.74, 6) is 0.441. The predicted molar refractivity (Wildman–Crippen MR) is 96.8 cm³/mol. The summed E-state index contributed by atoms with van der Waals surface area (Å²) in [6.45, 7) is 1.13. The van der Waals surface area contributed by atoms with E-state index < -0.39 is 6.09 Å². The highest BCUT2D eigenvalue weighted by Gasteiger charge is 2.32. The second-order valence-corrected chi connectivity index (χ2v) is 6.36. The van der Waals surface area contributed by atoms with Crippen molar-refractivity contribution >= 4 is 17.6 Å². The molecule has 27 heavy (non-hydrogen) atoms. The molecule has 3 aromatic rings. The van der Waals surface area contributed by atoms with Crippen LogP contribution < -0.4 is 10.1 Å². The number of amides is 2. The summed E-state index contributed by atoms with van der Waals surface area (Å²) >= 11 is 0. The number of benzene rings is 1. The van der Waals surface area contributed by atoms with E-state index in [-0.39, 0.29) is 12.0 Å². The van der Waals surface area contributed by atoms with Gasteiger partial charge in [0.25, 0.3) is 5.91 Å². The zero-order valence-corrected chi connectivity index (χ0v) is 14.4. The third-order valence-electron chi connectivity index (χ3n) is 4.45. The van der Waals surface area contributed by atoms with Crippen LogP contribution in [-0.2, 0) is 6.54 Å². The van der Waals surface area contributed by atoms with Crippen LogP contribution in [-0.4, -0.2) is 50.6 Å². The third kappa shape index (κ3) is 3.69. The molecule has 138 valence electrons. The Hall–Kier alpha value is -3.55. The van der Waals surface area contributed by atoms with Crippen molar-refractivity contribution in [2.45, 2.75) is 12.6 Å². The lowest BCUT2D eigenvalue weighted by molar-refractivity contribution is 0.0252. The number of imidazole rings is 1. The van der Waals surface area contributed by atoms with Crippen LogP contribution in [0, 0.1) is 0 Å². The number of nitrogens with one attached hydrogen (secondary N) is 1. The van der Waals surface area contributed by atoms with E-state index in [9.17, 15) is 9.59 Å². The summed E-state index contributed by atoms with van der Waals surface area (Å²) in [5, 5.41) is 11.7. The smallest absolute Gasteiger partial charge is 0.407 e. The lowest BCUT2D eigenvalue weighted by Gasteiger charge is -2.36. The Labute approximate surface area is 155 Å². The fourth-order valence-corrected chi connectivity index (χ4v) is 2.89. The molecule has 0 spiro atoms. The molecule has 4 rings (SSSR count). The van der Waals surface area contributed by atoms with Crippen LogP contribution in [0.3, 0.4) is 0 Å². The van der Waals surface area contributed by atoms with Crippen LogP contribution in [0.15, 0.2) is 55.0 Å². The number of ether oxygens (including phenoxy) is 1. The molecule has 2 N–H and O–H groups in total. The largest absolute Gasteiger partial charge is 0.487 e. The van der Waals surface area contributed by atoms with Crippen molar-refractivity contribution in [1.29, 1.82) is 0 Å². The zero-order valence-electron chi connectivity index (χ0n) is 14.4. The minimum atomic E-state index is -0.936. The minimum absolute atomic E-state index is 0.140. The Kier molecular flexibility index (Phi) is 4.37. The number of aromatic nitrogens is 2. The molecule has 2 aromatic heterocycles. The fourth-order valence-electron chi connectivity index (χ4n) is 2.89. The van der Waals surface area contributed by atoms with Crippen molar-refractivity contribution in [3.8, 4) is 5.75 Å². The van der Waals surface area contributed by atoms with Gasteiger partial charge in [-0.2, -0.15) is 0 Å². The molecule has 1 saturated heterocycles. The summed E-state index contributed by atoms with van der Waals surface area (Å²) in [5.41, 5.74) is 2.33. The lowest BCUT2D eigenvalue weighted by Crippen LogP contribution is -2.55. The number of carbonyl (C=O) groups excluding carboxylic acids is 1. The molecule has 2 amide bonds. The maximum atomic E-state index is 12.3. The molecule has 1 aromatic carbocycles. The van der Waals surface area contributed by atoms with Gasteiger partial charge in [0.15, 0.2) is 0 Å². The van der Waals surface area contributed by atoms with Crippen LogP contribution in [0.25, 0.3) is 5.65 Å². The topological polar surface area (TPSA) is 96.2 Å². The van der Waals surface area contributed by atoms with Gasteiger partial charge in [0.05, 0.1) is 13.1 Å². The Morgan fingerprint density at radius 2 is 1.96 bits per heavy atom. The van der Waals surface area contributed by atoms with Crippen LogP contribution in [0.4, 0.5) is 4.79 Å². The number of rotatable bonds is 5. The van der Waals surface area contributed by atoms with Gasteiger partial charge in [0.2, 0.25) is 0 Å². The molecule has 1 fully saturated rings. The number of nitrogens with zero attached hydrogens (tertiary/aromatic N) is 3. The van der Waals surface area contributed by atoms with Gasteiger partial charge in [0, 0.05) is 30.7 Å². The highest BCUT2D eigenvalue weighted by Crippen LogP contribution is 2.19. The van der Waals surface area contributed by atoms with Gasteiger partial charge >= 0.3 is 6.09 Å². The van der Waals surface area contributed by atoms with Crippen molar-refractivity contribution in [2.75, 3.05) is 13.1 Å². The number of carbonyl (C=O) groups is 2. The van der Waals surface area contributed by atoms with Gasteiger partial charge in [-0.1, -0.05) is 0 Å². The number of pyridine rings is 1. The van der Waals surface area contributed by atoms with Gasteiger partial charge in [-0.15, -0.1) is 0 Å². The fraction of sp³-hybridized carbons (Fsp3) is 0.211. The molecule has 0 bridgehead atoms. The summed E-state index contributed by atoms with van der Waals surface area (Å²) in [6, 6.07) is 10.7. The first kappa shape index (κ1) is 16.9. The van der Waals surface area contributed by atoms with E-state index in [0.29, 0.717) is 30.9 Å². The monoisotopic (exact) mass is 366 g/mol. The Morgan fingerprint density at radius 3 is 2.70 bits per heavy atom. The molecule has 8 nitrogen and oxygen atoms in total. The molecule has 0 unspecified atom stereocenters. The average molecular weight is 366 g/mol.